The maximum atomic E-state index is 14.2. The third-order valence-corrected chi connectivity index (χ3v) is 9.71. The Hall–Kier alpha value is -1.83. The van der Waals surface area contributed by atoms with Crippen molar-refractivity contribution in [1.82, 2.24) is 4.90 Å². The second kappa shape index (κ2) is 11.1. The van der Waals surface area contributed by atoms with Gasteiger partial charge in [0.05, 0.1) is 16.3 Å². The minimum atomic E-state index is -0.363. The minimum Gasteiger partial charge on any atom is -0.490 e. The molecule has 1 aliphatic heterocycles. The number of benzene rings is 1. The monoisotopic (exact) mass is 659 g/mol. The molecule has 0 bridgehead atoms. The van der Waals surface area contributed by atoms with Gasteiger partial charge in [-0.05, 0) is 97.6 Å². The lowest BCUT2D eigenvalue weighted by Gasteiger charge is -2.52. The number of Topliss-reactive ketones (excluding diaryl/α,β-unsaturated/α-hetero) is 2. The van der Waals surface area contributed by atoms with E-state index >= 15 is 0 Å². The first kappa shape index (κ1) is 29.7. The Morgan fingerprint density at radius 3 is 1.95 bits per heavy atom. The Morgan fingerprint density at radius 1 is 0.900 bits per heavy atom. The normalized spacial score (nSPS) is 23.5. The van der Waals surface area contributed by atoms with Crippen molar-refractivity contribution in [2.75, 3.05) is 6.61 Å². The average molecular weight is 660 g/mol. The zero-order valence-corrected chi connectivity index (χ0v) is 27.6. The van der Waals surface area contributed by atoms with Gasteiger partial charge in [0.1, 0.15) is 0 Å². The van der Waals surface area contributed by atoms with Gasteiger partial charge in [0.15, 0.2) is 23.1 Å². The van der Waals surface area contributed by atoms with Gasteiger partial charge in [-0.2, -0.15) is 0 Å². The van der Waals surface area contributed by atoms with E-state index in [1.807, 2.05) is 26.8 Å². The highest BCUT2D eigenvalue weighted by molar-refractivity contribution is 14.1. The number of ketones is 2. The molecule has 5 nitrogen and oxygen atoms in total. The molecule has 0 spiro atoms. The summed E-state index contributed by atoms with van der Waals surface area (Å²) in [5, 5.41) is 0. The number of hydrogen-bond donors (Lipinski definition) is 0. The van der Waals surface area contributed by atoms with Crippen LogP contribution in [-0.2, 0) is 9.59 Å². The number of ether oxygens (including phenoxy) is 2. The van der Waals surface area contributed by atoms with Gasteiger partial charge >= 0.3 is 0 Å². The molecule has 0 radical (unpaired) electrons. The molecule has 1 aromatic rings. The van der Waals surface area contributed by atoms with Crippen LogP contribution in [0.5, 0.6) is 11.5 Å². The van der Waals surface area contributed by atoms with Crippen LogP contribution in [0.3, 0.4) is 0 Å². The van der Waals surface area contributed by atoms with E-state index in [0.717, 1.165) is 51.7 Å². The van der Waals surface area contributed by atoms with Gasteiger partial charge in [0.25, 0.3) is 0 Å². The van der Waals surface area contributed by atoms with Crippen LogP contribution < -0.4 is 9.47 Å². The predicted octanol–water partition coefficient (Wildman–Crippen LogP) is 8.50. The zero-order valence-electron chi connectivity index (χ0n) is 25.4. The lowest BCUT2D eigenvalue weighted by atomic mass is 9.63. The van der Waals surface area contributed by atoms with E-state index in [-0.39, 0.29) is 34.4 Å². The Labute approximate surface area is 254 Å². The summed E-state index contributed by atoms with van der Waals surface area (Å²) in [6.45, 7) is 15.4. The van der Waals surface area contributed by atoms with Crippen LogP contribution in [0.2, 0.25) is 0 Å². The summed E-state index contributed by atoms with van der Waals surface area (Å²) >= 11 is 2.32. The molecule has 1 heterocycles. The highest BCUT2D eigenvalue weighted by atomic mass is 127. The summed E-state index contributed by atoms with van der Waals surface area (Å²) < 4.78 is 13.2. The van der Waals surface area contributed by atoms with Crippen molar-refractivity contribution in [2.45, 2.75) is 124 Å². The predicted molar refractivity (Wildman–Crippen MR) is 168 cm³/mol. The standard InChI is InChI=1S/C34H46INO4/c1-8-39-28-15-21(14-23(35)32(28)40-20(2)3)29-30-24(16-33(4,5)18-26(30)37)36(22-12-10-9-11-13-22)25-17-34(6,7)19-27(38)31(25)29/h14-15,20,22,29H,8-13,16-19H2,1-7H3. The zero-order chi connectivity index (χ0) is 29.0. The van der Waals surface area contributed by atoms with Crippen molar-refractivity contribution >= 4 is 34.2 Å². The lowest BCUT2D eigenvalue weighted by Crippen LogP contribution is -2.48. The molecule has 1 fully saturated rings. The van der Waals surface area contributed by atoms with Gasteiger partial charge in [0.2, 0.25) is 0 Å². The first-order valence-corrected chi connectivity index (χ1v) is 16.3. The molecule has 0 saturated heterocycles. The molecule has 1 aromatic carbocycles. The van der Waals surface area contributed by atoms with Crippen LogP contribution >= 0.6 is 22.6 Å². The topological polar surface area (TPSA) is 55.8 Å². The van der Waals surface area contributed by atoms with Crippen molar-refractivity contribution < 1.29 is 19.1 Å². The molecular weight excluding hydrogens is 613 g/mol. The molecule has 1 saturated carbocycles. The van der Waals surface area contributed by atoms with E-state index in [1.165, 1.54) is 30.7 Å². The van der Waals surface area contributed by atoms with Crippen LogP contribution in [0, 0.1) is 14.4 Å². The van der Waals surface area contributed by atoms with E-state index in [0.29, 0.717) is 31.2 Å². The highest BCUT2D eigenvalue weighted by Crippen LogP contribution is 2.56. The molecule has 0 aromatic heterocycles. The largest absolute Gasteiger partial charge is 0.490 e. The molecule has 218 valence electrons. The molecule has 40 heavy (non-hydrogen) atoms. The third kappa shape index (κ3) is 5.63. The summed E-state index contributed by atoms with van der Waals surface area (Å²) in [4.78, 5) is 30.9. The van der Waals surface area contributed by atoms with Crippen molar-refractivity contribution in [3.8, 4) is 11.5 Å². The molecule has 3 aliphatic carbocycles. The van der Waals surface area contributed by atoms with Gasteiger partial charge in [-0.25, -0.2) is 0 Å². The number of carbonyl (C=O) groups is 2. The van der Waals surface area contributed by atoms with Crippen molar-refractivity contribution in [2.24, 2.45) is 10.8 Å². The molecule has 6 heteroatoms. The van der Waals surface area contributed by atoms with Crippen LogP contribution in [0.15, 0.2) is 34.7 Å². The van der Waals surface area contributed by atoms with Gasteiger partial charge < -0.3 is 14.4 Å². The number of rotatable bonds is 6. The fraction of sp³-hybridized carbons (Fsp3) is 0.647. The molecule has 0 unspecified atom stereocenters. The second-order valence-corrected chi connectivity index (χ2v) is 15.3. The third-order valence-electron chi connectivity index (χ3n) is 8.91. The first-order chi connectivity index (χ1) is 18.8. The fourth-order valence-electron chi connectivity index (χ4n) is 7.48. The maximum Gasteiger partial charge on any atom is 0.174 e. The van der Waals surface area contributed by atoms with Crippen molar-refractivity contribution in [3.05, 3.63) is 43.8 Å². The van der Waals surface area contributed by atoms with E-state index in [1.54, 1.807) is 0 Å². The minimum absolute atomic E-state index is 0.00485. The van der Waals surface area contributed by atoms with Crippen LogP contribution in [-0.4, -0.2) is 35.2 Å². The van der Waals surface area contributed by atoms with Gasteiger partial charge in [-0.1, -0.05) is 47.0 Å². The molecule has 0 atom stereocenters. The number of allylic oxidation sites excluding steroid dienone is 4. The summed E-state index contributed by atoms with van der Waals surface area (Å²) in [5.74, 6) is 1.44. The Balaban J connectivity index is 1.77. The van der Waals surface area contributed by atoms with Gasteiger partial charge in [0, 0.05) is 47.3 Å². The molecule has 4 aliphatic rings. The number of nitrogens with zero attached hydrogens (tertiary/aromatic N) is 1. The summed E-state index contributed by atoms with van der Waals surface area (Å²) in [6.07, 6.45) is 8.65. The first-order valence-electron chi connectivity index (χ1n) is 15.3. The molecule has 5 rings (SSSR count). The van der Waals surface area contributed by atoms with Crippen LogP contribution in [0.25, 0.3) is 0 Å². The number of carbonyl (C=O) groups excluding carboxylic acids is 2. The van der Waals surface area contributed by atoms with Crippen LogP contribution in [0.4, 0.5) is 0 Å². The molecule has 0 amide bonds. The summed E-state index contributed by atoms with van der Waals surface area (Å²) in [6, 6.07) is 4.52. The summed E-state index contributed by atoms with van der Waals surface area (Å²) in [7, 11) is 0. The van der Waals surface area contributed by atoms with Crippen molar-refractivity contribution in [3.63, 3.8) is 0 Å². The SMILES string of the molecule is CCOc1cc(C2C3=C(CC(C)(C)CC3=O)N(C3CCCCC3)C3=C2C(=O)CC(C)(C)C3)cc(I)c1OC(C)C. The second-order valence-electron chi connectivity index (χ2n) is 14.1. The maximum absolute atomic E-state index is 14.2. The fourth-order valence-corrected chi connectivity index (χ4v) is 8.23. The van der Waals surface area contributed by atoms with Crippen molar-refractivity contribution in [1.29, 1.82) is 0 Å². The Kier molecular flexibility index (Phi) is 8.23. The number of hydrogen-bond acceptors (Lipinski definition) is 5. The van der Waals surface area contributed by atoms with E-state index < -0.39 is 0 Å². The van der Waals surface area contributed by atoms with E-state index in [9.17, 15) is 9.59 Å². The van der Waals surface area contributed by atoms with Crippen LogP contribution in [0.1, 0.15) is 118 Å². The average Bonchev–Trinajstić information content (AvgIpc) is 2.83. The van der Waals surface area contributed by atoms with Gasteiger partial charge in [-0.3, -0.25) is 9.59 Å². The quantitative estimate of drug-likeness (QED) is 0.287. The number of halogens is 1. The Bertz CT molecular complexity index is 1210. The highest BCUT2D eigenvalue weighted by Gasteiger charge is 2.50. The summed E-state index contributed by atoms with van der Waals surface area (Å²) in [5.41, 5.74) is 4.81. The molecular formula is C34H46INO4. The van der Waals surface area contributed by atoms with E-state index in [4.69, 9.17) is 9.47 Å². The smallest absolute Gasteiger partial charge is 0.174 e. The van der Waals surface area contributed by atoms with E-state index in [2.05, 4.69) is 61.3 Å². The van der Waals surface area contributed by atoms with Gasteiger partial charge in [-0.15, -0.1) is 0 Å². The lowest BCUT2D eigenvalue weighted by molar-refractivity contribution is -0.119. The molecule has 0 N–H and O–H groups in total. The Morgan fingerprint density at radius 2 is 1.45 bits per heavy atom.